The van der Waals surface area contributed by atoms with Crippen LogP contribution in [0.25, 0.3) is 17.0 Å². The lowest BCUT2D eigenvalue weighted by atomic mass is 10.1. The van der Waals surface area contributed by atoms with Crippen LogP contribution in [0.3, 0.4) is 0 Å². The summed E-state index contributed by atoms with van der Waals surface area (Å²) in [6.45, 7) is 7.55. The van der Waals surface area contributed by atoms with Crippen LogP contribution >= 0.6 is 0 Å². The maximum Gasteiger partial charge on any atom is 0.253 e. The van der Waals surface area contributed by atoms with Gasteiger partial charge in [0, 0.05) is 30.2 Å². The molecule has 3 rings (SSSR count). The van der Waals surface area contributed by atoms with E-state index in [1.165, 1.54) is 12.8 Å². The van der Waals surface area contributed by atoms with Crippen LogP contribution in [-0.4, -0.2) is 17.0 Å². The van der Waals surface area contributed by atoms with Crippen molar-refractivity contribution >= 4 is 22.9 Å². The zero-order valence-electron chi connectivity index (χ0n) is 11.9. The van der Waals surface area contributed by atoms with Gasteiger partial charge in [-0.25, -0.2) is 0 Å². The van der Waals surface area contributed by atoms with Gasteiger partial charge >= 0.3 is 0 Å². The summed E-state index contributed by atoms with van der Waals surface area (Å²) in [5.74, 6) is 0.742. The molecule has 1 N–H and O–H groups in total. The molecule has 0 saturated heterocycles. The summed E-state index contributed by atoms with van der Waals surface area (Å²) in [7, 11) is 0. The van der Waals surface area contributed by atoms with Crippen LogP contribution in [0.2, 0.25) is 0 Å². The fourth-order valence-electron chi connectivity index (χ4n) is 2.53. The predicted molar refractivity (Wildman–Crippen MR) is 82.8 cm³/mol. The molecule has 3 heteroatoms. The Bertz CT molecular complexity index is 665. The predicted octanol–water partition coefficient (Wildman–Crippen LogP) is 3.44. The quantitative estimate of drug-likeness (QED) is 0.885. The number of rotatable bonds is 5. The van der Waals surface area contributed by atoms with Crippen LogP contribution in [0.1, 0.15) is 35.7 Å². The minimum absolute atomic E-state index is 0.0421. The van der Waals surface area contributed by atoms with Gasteiger partial charge in [0.25, 0.3) is 5.91 Å². The molecular formula is C17H20N2O. The maximum atomic E-state index is 12.3. The molecule has 0 unspecified atom stereocenters. The number of hydrogen-bond acceptors (Lipinski definition) is 1. The van der Waals surface area contributed by atoms with Crippen LogP contribution in [0.4, 0.5) is 0 Å². The summed E-state index contributed by atoms with van der Waals surface area (Å²) in [5, 5.41) is 4.07. The molecule has 1 amide bonds. The summed E-state index contributed by atoms with van der Waals surface area (Å²) in [6.07, 6.45) is 6.29. The number of fused-ring (bicyclic) bond motifs is 1. The summed E-state index contributed by atoms with van der Waals surface area (Å²) in [5.41, 5.74) is 2.95. The highest BCUT2D eigenvalue weighted by Gasteiger charge is 2.23. The Balaban J connectivity index is 1.96. The zero-order valence-corrected chi connectivity index (χ0v) is 11.9. The third-order valence-corrected chi connectivity index (χ3v) is 3.98. The number of nitrogens with one attached hydrogen (secondary N) is 1. The first-order chi connectivity index (χ1) is 9.72. The fourth-order valence-corrected chi connectivity index (χ4v) is 2.53. The van der Waals surface area contributed by atoms with E-state index in [0.717, 1.165) is 35.1 Å². The van der Waals surface area contributed by atoms with Gasteiger partial charge in [0.1, 0.15) is 0 Å². The van der Waals surface area contributed by atoms with Crippen molar-refractivity contribution in [2.45, 2.75) is 26.3 Å². The molecule has 1 saturated carbocycles. The van der Waals surface area contributed by atoms with Gasteiger partial charge in [-0.3, -0.25) is 4.79 Å². The molecular weight excluding hydrogens is 248 g/mol. The van der Waals surface area contributed by atoms with Crippen molar-refractivity contribution in [3.8, 4) is 0 Å². The van der Waals surface area contributed by atoms with E-state index < -0.39 is 0 Å². The summed E-state index contributed by atoms with van der Waals surface area (Å²) in [4.78, 5) is 12.3. The second-order valence-corrected chi connectivity index (χ2v) is 5.46. The number of benzene rings is 1. The Morgan fingerprint density at radius 1 is 1.50 bits per heavy atom. The number of nitrogens with zero attached hydrogens (tertiary/aromatic N) is 1. The second-order valence-electron chi connectivity index (χ2n) is 5.46. The molecule has 1 heterocycles. The molecule has 0 radical (unpaired) electrons. The monoisotopic (exact) mass is 268 g/mol. The highest BCUT2D eigenvalue weighted by atomic mass is 16.1. The Kier molecular flexibility index (Phi) is 3.35. The van der Waals surface area contributed by atoms with Gasteiger partial charge in [0.2, 0.25) is 0 Å². The molecule has 20 heavy (non-hydrogen) atoms. The molecule has 0 atom stereocenters. The second kappa shape index (κ2) is 5.16. The smallest absolute Gasteiger partial charge is 0.253 e. The zero-order chi connectivity index (χ0) is 14.1. The van der Waals surface area contributed by atoms with Crippen LogP contribution in [0, 0.1) is 5.92 Å². The summed E-state index contributed by atoms with van der Waals surface area (Å²) >= 11 is 0. The van der Waals surface area contributed by atoms with Gasteiger partial charge in [-0.2, -0.15) is 0 Å². The van der Waals surface area contributed by atoms with Crippen molar-refractivity contribution in [1.29, 1.82) is 0 Å². The fraction of sp³-hybridized carbons (Fsp3) is 0.353. The highest BCUT2D eigenvalue weighted by molar-refractivity contribution is 6.07. The lowest BCUT2D eigenvalue weighted by molar-refractivity contribution is 0.0953. The molecule has 1 fully saturated rings. The molecule has 3 nitrogen and oxygen atoms in total. The van der Waals surface area contributed by atoms with Crippen LogP contribution in [0.15, 0.2) is 31.0 Å². The van der Waals surface area contributed by atoms with Crippen molar-refractivity contribution in [2.75, 3.05) is 6.54 Å². The summed E-state index contributed by atoms with van der Waals surface area (Å²) < 4.78 is 2.12. The Morgan fingerprint density at radius 3 is 2.95 bits per heavy atom. The van der Waals surface area contributed by atoms with E-state index >= 15 is 0 Å². The first-order valence-corrected chi connectivity index (χ1v) is 7.26. The van der Waals surface area contributed by atoms with Crippen LogP contribution in [0.5, 0.6) is 0 Å². The van der Waals surface area contributed by atoms with Gasteiger partial charge < -0.3 is 9.88 Å². The van der Waals surface area contributed by atoms with Gasteiger partial charge in [-0.1, -0.05) is 24.8 Å². The minimum Gasteiger partial charge on any atom is -0.352 e. The number of amides is 1. The molecule has 0 bridgehead atoms. The van der Waals surface area contributed by atoms with Crippen molar-refractivity contribution in [3.05, 3.63) is 42.1 Å². The van der Waals surface area contributed by atoms with Crippen molar-refractivity contribution in [1.82, 2.24) is 9.88 Å². The van der Waals surface area contributed by atoms with E-state index in [1.807, 2.05) is 24.4 Å². The lowest BCUT2D eigenvalue weighted by Gasteiger charge is -2.02. The number of carbonyl (C=O) groups excluding carboxylic acids is 1. The number of carbonyl (C=O) groups is 1. The molecule has 2 aromatic rings. The SMILES string of the molecule is C=Cc1ccc2c(C(=O)NCC3CC3)cn(CC)c2c1. The minimum atomic E-state index is 0.0421. The van der Waals surface area contributed by atoms with Crippen molar-refractivity contribution in [3.63, 3.8) is 0 Å². The van der Waals surface area contributed by atoms with E-state index in [1.54, 1.807) is 0 Å². The Hall–Kier alpha value is -2.03. The van der Waals surface area contributed by atoms with Crippen LogP contribution in [-0.2, 0) is 6.54 Å². The molecule has 1 aliphatic rings. The van der Waals surface area contributed by atoms with Gasteiger partial charge in [-0.05, 0) is 37.3 Å². The van der Waals surface area contributed by atoms with Crippen molar-refractivity contribution < 1.29 is 4.79 Å². The van der Waals surface area contributed by atoms with E-state index in [0.29, 0.717) is 5.92 Å². The van der Waals surface area contributed by atoms with E-state index in [4.69, 9.17) is 0 Å². The van der Waals surface area contributed by atoms with Crippen LogP contribution < -0.4 is 5.32 Å². The normalized spacial score (nSPS) is 14.4. The number of aryl methyl sites for hydroxylation is 1. The Labute approximate surface area is 119 Å². The largest absolute Gasteiger partial charge is 0.352 e. The molecule has 1 aromatic heterocycles. The lowest BCUT2D eigenvalue weighted by Crippen LogP contribution is -2.25. The van der Waals surface area contributed by atoms with E-state index in [2.05, 4.69) is 29.5 Å². The van der Waals surface area contributed by atoms with Gasteiger partial charge in [-0.15, -0.1) is 0 Å². The van der Waals surface area contributed by atoms with E-state index in [-0.39, 0.29) is 5.91 Å². The molecule has 0 spiro atoms. The molecule has 1 aromatic carbocycles. The van der Waals surface area contributed by atoms with Crippen molar-refractivity contribution in [2.24, 2.45) is 5.92 Å². The number of hydrogen-bond donors (Lipinski definition) is 1. The first-order valence-electron chi connectivity index (χ1n) is 7.26. The topological polar surface area (TPSA) is 34.0 Å². The summed E-state index contributed by atoms with van der Waals surface area (Å²) in [6, 6.07) is 6.11. The third kappa shape index (κ3) is 2.36. The molecule has 1 aliphatic carbocycles. The van der Waals surface area contributed by atoms with Gasteiger partial charge in [0.05, 0.1) is 5.56 Å². The Morgan fingerprint density at radius 2 is 2.30 bits per heavy atom. The third-order valence-electron chi connectivity index (χ3n) is 3.98. The highest BCUT2D eigenvalue weighted by Crippen LogP contribution is 2.28. The maximum absolute atomic E-state index is 12.3. The van der Waals surface area contributed by atoms with E-state index in [9.17, 15) is 4.79 Å². The standard InChI is InChI=1S/C17H20N2O/c1-3-12-7-8-14-15(11-19(4-2)16(14)9-12)17(20)18-10-13-5-6-13/h3,7-9,11,13H,1,4-6,10H2,2H3,(H,18,20). The average molecular weight is 268 g/mol. The number of aromatic nitrogens is 1. The average Bonchev–Trinajstić information content (AvgIpc) is 3.23. The molecule has 0 aliphatic heterocycles. The van der Waals surface area contributed by atoms with Gasteiger partial charge in [0.15, 0.2) is 0 Å². The first kappa shape index (κ1) is 13.0. The molecule has 104 valence electrons.